The molecule has 2 aromatic rings. The first-order valence-electron chi connectivity index (χ1n) is 6.93. The first kappa shape index (κ1) is 16.8. The summed E-state index contributed by atoms with van der Waals surface area (Å²) in [6.45, 7) is 0.333. The minimum absolute atomic E-state index is 0.123. The van der Waals surface area contributed by atoms with E-state index in [9.17, 15) is 4.79 Å². The third-order valence-corrected chi connectivity index (χ3v) is 3.47. The standard InChI is InChI=1S/C17H17Cl2NO2/c18-11-12-22-17(14-7-3-1-4-8-14)20(16(21)13-19)15-9-5-2-6-10-15/h1-10,17H,11-13H2. The van der Waals surface area contributed by atoms with Gasteiger partial charge in [0, 0.05) is 17.1 Å². The maximum atomic E-state index is 12.4. The Morgan fingerprint density at radius 3 is 2.14 bits per heavy atom. The quantitative estimate of drug-likeness (QED) is 0.559. The summed E-state index contributed by atoms with van der Waals surface area (Å²) in [5, 5.41) is 0. The number of anilines is 1. The lowest BCUT2D eigenvalue weighted by Gasteiger charge is -2.31. The molecule has 0 aliphatic carbocycles. The van der Waals surface area contributed by atoms with Crippen molar-refractivity contribution in [1.29, 1.82) is 0 Å². The number of amides is 1. The molecule has 0 heterocycles. The van der Waals surface area contributed by atoms with E-state index in [1.807, 2.05) is 60.7 Å². The van der Waals surface area contributed by atoms with Gasteiger partial charge in [0.1, 0.15) is 5.88 Å². The molecule has 0 saturated carbocycles. The Kier molecular flexibility index (Phi) is 6.72. The highest BCUT2D eigenvalue weighted by molar-refractivity contribution is 6.29. The van der Waals surface area contributed by atoms with Gasteiger partial charge in [0.05, 0.1) is 6.61 Å². The molecule has 0 bridgehead atoms. The summed E-state index contributed by atoms with van der Waals surface area (Å²) in [6, 6.07) is 18.9. The van der Waals surface area contributed by atoms with Gasteiger partial charge >= 0.3 is 0 Å². The van der Waals surface area contributed by atoms with Crippen molar-refractivity contribution in [3.05, 3.63) is 66.2 Å². The maximum absolute atomic E-state index is 12.4. The lowest BCUT2D eigenvalue weighted by Crippen LogP contribution is -2.37. The van der Waals surface area contributed by atoms with Crippen molar-refractivity contribution < 1.29 is 9.53 Å². The van der Waals surface area contributed by atoms with Crippen molar-refractivity contribution in [2.45, 2.75) is 6.23 Å². The molecule has 0 aromatic heterocycles. The fourth-order valence-corrected chi connectivity index (χ4v) is 2.37. The van der Waals surface area contributed by atoms with Gasteiger partial charge in [-0.3, -0.25) is 9.69 Å². The third kappa shape index (κ3) is 4.23. The molecule has 2 rings (SSSR count). The molecule has 116 valence electrons. The number of rotatable bonds is 7. The van der Waals surface area contributed by atoms with Crippen LogP contribution in [0.2, 0.25) is 0 Å². The number of hydrogen-bond acceptors (Lipinski definition) is 2. The van der Waals surface area contributed by atoms with Crippen LogP contribution in [0.15, 0.2) is 60.7 Å². The Balaban J connectivity index is 2.41. The van der Waals surface area contributed by atoms with Crippen LogP contribution in [-0.2, 0) is 9.53 Å². The molecule has 0 N–H and O–H groups in total. The molecule has 0 spiro atoms. The van der Waals surface area contributed by atoms with Crippen LogP contribution in [0.1, 0.15) is 11.8 Å². The Labute approximate surface area is 140 Å². The highest BCUT2D eigenvalue weighted by Gasteiger charge is 2.26. The summed E-state index contributed by atoms with van der Waals surface area (Å²) in [5.41, 5.74) is 1.60. The van der Waals surface area contributed by atoms with E-state index in [2.05, 4.69) is 0 Å². The number of nitrogens with zero attached hydrogens (tertiary/aromatic N) is 1. The van der Waals surface area contributed by atoms with Crippen LogP contribution < -0.4 is 4.90 Å². The van der Waals surface area contributed by atoms with Gasteiger partial charge in [-0.15, -0.1) is 23.2 Å². The third-order valence-electron chi connectivity index (χ3n) is 3.09. The number of ether oxygens (including phenoxy) is 1. The predicted octanol–water partition coefficient (Wildman–Crippen LogP) is 4.21. The molecule has 2 aromatic carbocycles. The summed E-state index contributed by atoms with van der Waals surface area (Å²) in [6.07, 6.45) is -0.561. The van der Waals surface area contributed by atoms with Crippen molar-refractivity contribution in [2.24, 2.45) is 0 Å². The Morgan fingerprint density at radius 2 is 1.59 bits per heavy atom. The van der Waals surface area contributed by atoms with E-state index in [1.165, 1.54) is 0 Å². The smallest absolute Gasteiger partial charge is 0.244 e. The number of hydrogen-bond donors (Lipinski definition) is 0. The van der Waals surface area contributed by atoms with E-state index in [-0.39, 0.29) is 11.8 Å². The Hall–Kier alpha value is -1.55. The highest BCUT2D eigenvalue weighted by Crippen LogP contribution is 2.28. The lowest BCUT2D eigenvalue weighted by molar-refractivity contribution is -0.119. The van der Waals surface area contributed by atoms with Crippen LogP contribution >= 0.6 is 23.2 Å². The summed E-state index contributed by atoms with van der Waals surface area (Å²) >= 11 is 11.5. The van der Waals surface area contributed by atoms with Gasteiger partial charge in [-0.05, 0) is 12.1 Å². The second-order valence-corrected chi connectivity index (χ2v) is 5.20. The number of para-hydroxylation sites is 1. The van der Waals surface area contributed by atoms with Crippen LogP contribution in [-0.4, -0.2) is 24.3 Å². The van der Waals surface area contributed by atoms with Gasteiger partial charge < -0.3 is 4.74 Å². The minimum Gasteiger partial charge on any atom is -0.352 e. The molecule has 5 heteroatoms. The van der Waals surface area contributed by atoms with E-state index in [4.69, 9.17) is 27.9 Å². The second kappa shape index (κ2) is 8.79. The number of benzene rings is 2. The number of alkyl halides is 2. The predicted molar refractivity (Wildman–Crippen MR) is 90.5 cm³/mol. The van der Waals surface area contributed by atoms with E-state index in [1.54, 1.807) is 4.90 Å². The normalized spacial score (nSPS) is 11.9. The molecule has 0 fully saturated rings. The highest BCUT2D eigenvalue weighted by atomic mass is 35.5. The maximum Gasteiger partial charge on any atom is 0.244 e. The molecule has 1 unspecified atom stereocenters. The summed E-state index contributed by atoms with van der Waals surface area (Å²) in [5.74, 6) is 0.0000307. The Morgan fingerprint density at radius 1 is 1.00 bits per heavy atom. The van der Waals surface area contributed by atoms with Gasteiger partial charge in [0.25, 0.3) is 0 Å². The zero-order valence-electron chi connectivity index (χ0n) is 12.0. The fraction of sp³-hybridized carbons (Fsp3) is 0.235. The van der Waals surface area contributed by atoms with Gasteiger partial charge in [-0.25, -0.2) is 0 Å². The van der Waals surface area contributed by atoms with E-state index < -0.39 is 6.23 Å². The fourth-order valence-electron chi connectivity index (χ4n) is 2.16. The summed E-state index contributed by atoms with van der Waals surface area (Å²) in [7, 11) is 0. The van der Waals surface area contributed by atoms with Gasteiger partial charge in [0.2, 0.25) is 5.91 Å². The van der Waals surface area contributed by atoms with Crippen molar-refractivity contribution in [3.8, 4) is 0 Å². The van der Waals surface area contributed by atoms with Crippen molar-refractivity contribution >= 4 is 34.8 Å². The van der Waals surface area contributed by atoms with E-state index >= 15 is 0 Å². The van der Waals surface area contributed by atoms with E-state index in [0.717, 1.165) is 11.3 Å². The molecule has 22 heavy (non-hydrogen) atoms. The zero-order chi connectivity index (χ0) is 15.8. The average molecular weight is 338 g/mol. The SMILES string of the molecule is O=C(CCl)N(c1ccccc1)C(OCCCl)c1ccccc1. The topological polar surface area (TPSA) is 29.5 Å². The van der Waals surface area contributed by atoms with Crippen LogP contribution in [0.3, 0.4) is 0 Å². The number of halogens is 2. The molecule has 0 aliphatic heterocycles. The van der Waals surface area contributed by atoms with Crippen LogP contribution in [0.4, 0.5) is 5.69 Å². The largest absolute Gasteiger partial charge is 0.352 e. The molecular formula is C17H17Cl2NO2. The van der Waals surface area contributed by atoms with Crippen LogP contribution in [0.5, 0.6) is 0 Å². The monoisotopic (exact) mass is 337 g/mol. The van der Waals surface area contributed by atoms with Crippen LogP contribution in [0, 0.1) is 0 Å². The van der Waals surface area contributed by atoms with Crippen LogP contribution in [0.25, 0.3) is 0 Å². The first-order chi connectivity index (χ1) is 10.8. The number of carbonyl (C=O) groups excluding carboxylic acids is 1. The molecule has 1 amide bonds. The van der Waals surface area contributed by atoms with E-state index in [0.29, 0.717) is 12.5 Å². The van der Waals surface area contributed by atoms with Crippen molar-refractivity contribution in [3.63, 3.8) is 0 Å². The molecule has 1 atom stereocenters. The molecule has 0 aliphatic rings. The first-order valence-corrected chi connectivity index (χ1v) is 8.00. The average Bonchev–Trinajstić information content (AvgIpc) is 2.59. The number of carbonyl (C=O) groups is 1. The Bertz CT molecular complexity index is 578. The molecule has 0 radical (unpaired) electrons. The van der Waals surface area contributed by atoms with Gasteiger partial charge in [-0.2, -0.15) is 0 Å². The summed E-state index contributed by atoms with van der Waals surface area (Å²) in [4.78, 5) is 13.9. The van der Waals surface area contributed by atoms with Gasteiger partial charge in [-0.1, -0.05) is 48.5 Å². The van der Waals surface area contributed by atoms with Crippen molar-refractivity contribution in [2.75, 3.05) is 23.3 Å². The zero-order valence-corrected chi connectivity index (χ0v) is 13.5. The summed E-state index contributed by atoms with van der Waals surface area (Å²) < 4.78 is 5.83. The molecular weight excluding hydrogens is 321 g/mol. The second-order valence-electron chi connectivity index (χ2n) is 4.56. The molecule has 3 nitrogen and oxygen atoms in total. The van der Waals surface area contributed by atoms with Gasteiger partial charge in [0.15, 0.2) is 6.23 Å². The lowest BCUT2D eigenvalue weighted by atomic mass is 10.1. The molecule has 0 saturated heterocycles. The van der Waals surface area contributed by atoms with Crippen molar-refractivity contribution in [1.82, 2.24) is 0 Å². The minimum atomic E-state index is -0.561.